The van der Waals surface area contributed by atoms with Crippen LogP contribution in [0.15, 0.2) is 59.0 Å². The summed E-state index contributed by atoms with van der Waals surface area (Å²) in [5.74, 6) is -10.3. The molecule has 0 spiro atoms. The number of carbonyl (C=O) groups is 1. The predicted octanol–water partition coefficient (Wildman–Crippen LogP) is 6.78. The maximum absolute atomic E-state index is 14.2. The van der Waals surface area contributed by atoms with Crippen molar-refractivity contribution in [3.63, 3.8) is 0 Å². The molecule has 14 heteroatoms. The fraction of sp³-hybridized carbons (Fsp3) is 0.148. The summed E-state index contributed by atoms with van der Waals surface area (Å²) in [5.41, 5.74) is 0.258. The van der Waals surface area contributed by atoms with E-state index in [1.54, 1.807) is 24.3 Å². The Kier molecular flexibility index (Phi) is 7.54. The minimum atomic E-state index is -2.20. The number of nitro benzene ring substituents is 1. The van der Waals surface area contributed by atoms with Gasteiger partial charge in [0.25, 0.3) is 11.6 Å². The van der Waals surface area contributed by atoms with Crippen LogP contribution in [0.2, 0.25) is 5.02 Å². The van der Waals surface area contributed by atoms with Crippen LogP contribution < -0.4 is 15.1 Å². The first kappa shape index (κ1) is 27.9. The van der Waals surface area contributed by atoms with Crippen LogP contribution in [0, 0.1) is 39.2 Å². The van der Waals surface area contributed by atoms with Gasteiger partial charge in [0.2, 0.25) is 5.82 Å². The number of anilines is 3. The first-order valence-electron chi connectivity index (χ1n) is 12.0. The third kappa shape index (κ3) is 5.40. The summed E-state index contributed by atoms with van der Waals surface area (Å²) in [4.78, 5) is 26.2. The van der Waals surface area contributed by atoms with Crippen molar-refractivity contribution in [2.24, 2.45) is 0 Å². The van der Waals surface area contributed by atoms with E-state index < -0.39 is 45.6 Å². The minimum absolute atomic E-state index is 0.00838. The lowest BCUT2D eigenvalue weighted by Gasteiger charge is -2.37. The second kappa shape index (κ2) is 11.1. The Morgan fingerprint density at radius 2 is 1.41 bits per heavy atom. The highest BCUT2D eigenvalue weighted by atomic mass is 35.5. The van der Waals surface area contributed by atoms with Gasteiger partial charge in [-0.1, -0.05) is 11.6 Å². The van der Waals surface area contributed by atoms with Gasteiger partial charge >= 0.3 is 0 Å². The Labute approximate surface area is 233 Å². The van der Waals surface area contributed by atoms with Crippen molar-refractivity contribution in [1.29, 1.82) is 0 Å². The molecular weight excluding hydrogens is 575 g/mol. The summed E-state index contributed by atoms with van der Waals surface area (Å²) in [7, 11) is 0. The molecule has 212 valence electrons. The molecule has 3 aromatic carbocycles. The van der Waals surface area contributed by atoms with Crippen LogP contribution in [0.4, 0.5) is 44.7 Å². The van der Waals surface area contributed by atoms with Gasteiger partial charge in [0.05, 0.1) is 4.92 Å². The molecule has 1 amide bonds. The van der Waals surface area contributed by atoms with Crippen molar-refractivity contribution in [2.45, 2.75) is 0 Å². The average Bonchev–Trinajstić information content (AvgIpc) is 3.47. The molecular formula is C27H18ClF5N4O4. The van der Waals surface area contributed by atoms with E-state index in [1.165, 1.54) is 30.3 Å². The number of carbonyl (C=O) groups excluding carboxylic acids is 1. The van der Waals surface area contributed by atoms with Crippen LogP contribution in [0.25, 0.3) is 11.3 Å². The molecule has 1 aliphatic heterocycles. The third-order valence-corrected chi connectivity index (χ3v) is 6.85. The number of amides is 1. The van der Waals surface area contributed by atoms with Crippen LogP contribution in [-0.2, 0) is 0 Å². The molecule has 5 rings (SSSR count). The quantitative estimate of drug-likeness (QED) is 0.0872. The fourth-order valence-corrected chi connectivity index (χ4v) is 4.61. The van der Waals surface area contributed by atoms with Gasteiger partial charge in [-0.15, -0.1) is 0 Å². The maximum Gasteiger partial charge on any atom is 0.291 e. The van der Waals surface area contributed by atoms with Crippen LogP contribution >= 0.6 is 11.6 Å². The Hall–Kier alpha value is -4.65. The number of hydrogen-bond acceptors (Lipinski definition) is 6. The monoisotopic (exact) mass is 592 g/mol. The molecule has 0 bridgehead atoms. The highest BCUT2D eigenvalue weighted by Crippen LogP contribution is 2.33. The summed E-state index contributed by atoms with van der Waals surface area (Å²) < 4.78 is 74.5. The third-order valence-electron chi connectivity index (χ3n) is 6.53. The average molecular weight is 593 g/mol. The summed E-state index contributed by atoms with van der Waals surface area (Å²) in [6.45, 7) is 0.495. The maximum atomic E-state index is 14.2. The van der Waals surface area contributed by atoms with E-state index in [4.69, 9.17) is 16.0 Å². The topological polar surface area (TPSA) is 91.9 Å². The van der Waals surface area contributed by atoms with Crippen LogP contribution in [0.3, 0.4) is 0 Å². The molecule has 0 unspecified atom stereocenters. The van der Waals surface area contributed by atoms with Crippen molar-refractivity contribution in [2.75, 3.05) is 41.3 Å². The molecule has 41 heavy (non-hydrogen) atoms. The Morgan fingerprint density at radius 3 is 2.02 bits per heavy atom. The molecule has 1 N–H and O–H groups in total. The number of nitro groups is 1. The van der Waals surface area contributed by atoms with E-state index in [1.807, 2.05) is 4.90 Å². The molecule has 0 radical (unpaired) electrons. The first-order valence-corrected chi connectivity index (χ1v) is 12.4. The van der Waals surface area contributed by atoms with E-state index in [2.05, 4.69) is 5.32 Å². The lowest BCUT2D eigenvalue weighted by molar-refractivity contribution is -0.384. The van der Waals surface area contributed by atoms with E-state index in [0.29, 0.717) is 16.9 Å². The summed E-state index contributed by atoms with van der Waals surface area (Å²) in [5, 5.41) is 13.8. The number of piperazine rings is 1. The van der Waals surface area contributed by atoms with E-state index in [9.17, 15) is 36.9 Å². The van der Waals surface area contributed by atoms with Gasteiger partial charge in [0.1, 0.15) is 16.5 Å². The number of rotatable bonds is 6. The lowest BCUT2D eigenvalue weighted by Crippen LogP contribution is -2.47. The Morgan fingerprint density at radius 1 is 0.829 bits per heavy atom. The van der Waals surface area contributed by atoms with E-state index in [0.717, 1.165) is 4.90 Å². The van der Waals surface area contributed by atoms with E-state index in [-0.39, 0.29) is 48.4 Å². The molecule has 0 aliphatic carbocycles. The standard InChI is InChI=1S/C27H18ClF5N4O4/c28-17-6-1-14(13-18(17)37(39)40)19-7-8-20(41-19)27(38)34-15-2-4-16(5-3-15)35-9-11-36(12-10-35)26-24(32)22(30)21(29)23(31)25(26)33/h1-8,13H,9-12H2,(H,34,38). The zero-order chi connectivity index (χ0) is 29.4. The fourth-order valence-electron chi connectivity index (χ4n) is 4.43. The lowest BCUT2D eigenvalue weighted by atomic mass is 10.1. The molecule has 1 aromatic heterocycles. The molecule has 0 atom stereocenters. The molecule has 1 saturated heterocycles. The minimum Gasteiger partial charge on any atom is -0.451 e. The van der Waals surface area contributed by atoms with Crippen molar-refractivity contribution < 1.29 is 36.1 Å². The Balaban J connectivity index is 1.22. The summed E-state index contributed by atoms with van der Waals surface area (Å²) in [6.07, 6.45) is 0. The van der Waals surface area contributed by atoms with Crippen LogP contribution in [-0.4, -0.2) is 37.0 Å². The SMILES string of the molecule is O=C(Nc1ccc(N2CCN(c3c(F)c(F)c(F)c(F)c3F)CC2)cc1)c1ccc(-c2ccc(Cl)c([N+](=O)[O-])c2)o1. The molecule has 4 aromatic rings. The normalized spacial score (nSPS) is 13.4. The van der Waals surface area contributed by atoms with Gasteiger partial charge in [-0.05, 0) is 48.5 Å². The molecule has 1 fully saturated rings. The molecule has 1 aliphatic rings. The van der Waals surface area contributed by atoms with Gasteiger partial charge in [0.15, 0.2) is 29.0 Å². The second-order valence-electron chi connectivity index (χ2n) is 8.98. The number of hydrogen-bond donors (Lipinski definition) is 1. The summed E-state index contributed by atoms with van der Waals surface area (Å²) >= 11 is 5.84. The number of nitrogens with one attached hydrogen (secondary N) is 1. The van der Waals surface area contributed by atoms with Crippen molar-refractivity contribution in [3.8, 4) is 11.3 Å². The number of furan rings is 1. The molecule has 2 heterocycles. The van der Waals surface area contributed by atoms with Crippen molar-refractivity contribution in [3.05, 3.63) is 105 Å². The van der Waals surface area contributed by atoms with Gasteiger partial charge in [-0.3, -0.25) is 14.9 Å². The van der Waals surface area contributed by atoms with Gasteiger partial charge in [0, 0.05) is 49.2 Å². The highest BCUT2D eigenvalue weighted by molar-refractivity contribution is 6.32. The first-order chi connectivity index (χ1) is 19.5. The van der Waals surface area contributed by atoms with Crippen LogP contribution in [0.5, 0.6) is 0 Å². The number of nitrogens with zero attached hydrogens (tertiary/aromatic N) is 3. The summed E-state index contributed by atoms with van der Waals surface area (Å²) in [6, 6.07) is 13.7. The zero-order valence-electron chi connectivity index (χ0n) is 20.8. The number of halogens is 6. The highest BCUT2D eigenvalue weighted by Gasteiger charge is 2.31. The van der Waals surface area contributed by atoms with Crippen molar-refractivity contribution >= 4 is 40.3 Å². The van der Waals surface area contributed by atoms with Gasteiger partial charge in [-0.2, -0.15) is 0 Å². The zero-order valence-corrected chi connectivity index (χ0v) is 21.5. The molecule has 0 saturated carbocycles. The second-order valence-corrected chi connectivity index (χ2v) is 9.39. The predicted molar refractivity (Wildman–Crippen MR) is 141 cm³/mol. The Bertz CT molecular complexity index is 1630. The van der Waals surface area contributed by atoms with Crippen molar-refractivity contribution in [1.82, 2.24) is 0 Å². The van der Waals surface area contributed by atoms with Crippen LogP contribution in [0.1, 0.15) is 10.6 Å². The van der Waals surface area contributed by atoms with E-state index >= 15 is 0 Å². The largest absolute Gasteiger partial charge is 0.451 e. The van der Waals surface area contributed by atoms with Gasteiger partial charge in [-0.25, -0.2) is 22.0 Å². The number of benzene rings is 3. The smallest absolute Gasteiger partial charge is 0.291 e. The molecule has 8 nitrogen and oxygen atoms in total. The van der Waals surface area contributed by atoms with Gasteiger partial charge < -0.3 is 19.5 Å².